The number of rotatable bonds is 4. The van der Waals surface area contributed by atoms with E-state index in [1.165, 1.54) is 0 Å². The van der Waals surface area contributed by atoms with Crippen LogP contribution < -0.4 is 5.32 Å². The fourth-order valence-electron chi connectivity index (χ4n) is 2.66. The smallest absolute Gasteiger partial charge is 0.243 e. The van der Waals surface area contributed by atoms with Crippen molar-refractivity contribution in [2.75, 3.05) is 19.7 Å². The predicted molar refractivity (Wildman–Crippen MR) is 67.0 cm³/mol. The Morgan fingerprint density at radius 1 is 1.39 bits per heavy atom. The van der Waals surface area contributed by atoms with Crippen LogP contribution in [0, 0.1) is 0 Å². The van der Waals surface area contributed by atoms with Crippen LogP contribution in [0.5, 0.6) is 0 Å². The van der Waals surface area contributed by atoms with Gasteiger partial charge in [-0.1, -0.05) is 13.3 Å². The monoisotopic (exact) mass is 254 g/mol. The maximum absolute atomic E-state index is 12.0. The van der Waals surface area contributed by atoms with Crippen molar-refractivity contribution in [1.29, 1.82) is 0 Å². The average Bonchev–Trinajstić information content (AvgIpc) is 2.39. The third-order valence-corrected chi connectivity index (χ3v) is 3.65. The van der Waals surface area contributed by atoms with Crippen molar-refractivity contribution in [3.8, 4) is 0 Å². The van der Waals surface area contributed by atoms with Crippen molar-refractivity contribution in [3.63, 3.8) is 0 Å². The van der Waals surface area contributed by atoms with E-state index < -0.39 is 0 Å². The van der Waals surface area contributed by atoms with Gasteiger partial charge in [-0.25, -0.2) is 0 Å². The highest BCUT2D eigenvalue weighted by atomic mass is 16.5. The molecule has 2 amide bonds. The Labute approximate surface area is 108 Å². The molecule has 2 rings (SSSR count). The van der Waals surface area contributed by atoms with Crippen LogP contribution in [0.25, 0.3) is 0 Å². The molecule has 5 heteroatoms. The lowest BCUT2D eigenvalue weighted by Crippen LogP contribution is -2.60. The maximum Gasteiger partial charge on any atom is 0.243 e. The number of hydrogen-bond acceptors (Lipinski definition) is 3. The minimum atomic E-state index is -0.304. The molecule has 0 aromatic rings. The molecule has 2 saturated heterocycles. The van der Waals surface area contributed by atoms with Crippen molar-refractivity contribution < 1.29 is 14.3 Å². The predicted octanol–water partition coefficient (Wildman–Crippen LogP) is 0.683. The molecular weight excluding hydrogens is 232 g/mol. The zero-order valence-corrected chi connectivity index (χ0v) is 11.0. The zero-order chi connectivity index (χ0) is 13.0. The Balaban J connectivity index is 2.00. The summed E-state index contributed by atoms with van der Waals surface area (Å²) in [5.41, 5.74) is 0. The van der Waals surface area contributed by atoms with E-state index in [1.54, 1.807) is 4.90 Å². The Hall–Kier alpha value is -1.10. The van der Waals surface area contributed by atoms with Gasteiger partial charge in [0.2, 0.25) is 11.8 Å². The average molecular weight is 254 g/mol. The highest BCUT2D eigenvalue weighted by Crippen LogP contribution is 2.18. The zero-order valence-electron chi connectivity index (χ0n) is 11.0. The summed E-state index contributed by atoms with van der Waals surface area (Å²) in [6.45, 7) is 3.50. The van der Waals surface area contributed by atoms with Gasteiger partial charge in [0.25, 0.3) is 0 Å². The summed E-state index contributed by atoms with van der Waals surface area (Å²) in [5, 5.41) is 2.66. The lowest BCUT2D eigenvalue weighted by atomic mass is 10.0. The molecule has 0 saturated carbocycles. The quantitative estimate of drug-likeness (QED) is 0.802. The van der Waals surface area contributed by atoms with Crippen molar-refractivity contribution in [3.05, 3.63) is 0 Å². The van der Waals surface area contributed by atoms with E-state index in [1.807, 2.05) is 6.92 Å². The van der Waals surface area contributed by atoms with Gasteiger partial charge in [-0.05, 0) is 25.7 Å². The van der Waals surface area contributed by atoms with Crippen molar-refractivity contribution in [1.82, 2.24) is 10.2 Å². The van der Waals surface area contributed by atoms with Gasteiger partial charge < -0.3 is 15.0 Å². The normalized spacial score (nSPS) is 29.3. The van der Waals surface area contributed by atoms with Crippen LogP contribution >= 0.6 is 0 Å². The summed E-state index contributed by atoms with van der Waals surface area (Å²) in [6, 6.07) is -0.304. The van der Waals surface area contributed by atoms with Crippen LogP contribution in [0.1, 0.15) is 39.0 Å². The molecule has 0 spiro atoms. The molecule has 0 bridgehead atoms. The molecule has 5 nitrogen and oxygen atoms in total. The molecule has 0 aromatic heterocycles. The molecular formula is C13H22N2O3. The van der Waals surface area contributed by atoms with E-state index >= 15 is 0 Å². The van der Waals surface area contributed by atoms with Gasteiger partial charge >= 0.3 is 0 Å². The first kappa shape index (κ1) is 13.3. The topological polar surface area (TPSA) is 58.6 Å². The summed E-state index contributed by atoms with van der Waals surface area (Å²) in [6.07, 6.45) is 4.97. The standard InChI is InChI=1S/C13H22N2O3/c1-2-5-11-13(17)14-8-12(16)15(11)9-10-6-3-4-7-18-10/h10-11H,2-9H2,1H3,(H,14,17). The number of ether oxygens (including phenoxy) is 1. The van der Waals surface area contributed by atoms with Crippen molar-refractivity contribution >= 4 is 11.8 Å². The SMILES string of the molecule is CCCC1C(=O)NCC(=O)N1CC1CCCCO1. The first-order valence-electron chi connectivity index (χ1n) is 6.91. The molecule has 0 aliphatic carbocycles. The number of piperazine rings is 1. The summed E-state index contributed by atoms with van der Waals surface area (Å²) in [7, 11) is 0. The van der Waals surface area contributed by atoms with E-state index in [0.717, 1.165) is 38.7 Å². The Morgan fingerprint density at radius 2 is 2.22 bits per heavy atom. The molecule has 2 aliphatic rings. The van der Waals surface area contributed by atoms with Gasteiger partial charge in [0.1, 0.15) is 6.04 Å². The Kier molecular flexibility index (Phi) is 4.58. The summed E-state index contributed by atoms with van der Waals surface area (Å²) in [4.78, 5) is 25.5. The van der Waals surface area contributed by atoms with Crippen LogP contribution in [-0.2, 0) is 14.3 Å². The number of nitrogens with one attached hydrogen (secondary N) is 1. The lowest BCUT2D eigenvalue weighted by Gasteiger charge is -2.37. The molecule has 0 aromatic carbocycles. The second-order valence-electron chi connectivity index (χ2n) is 5.06. The van der Waals surface area contributed by atoms with Crippen LogP contribution in [-0.4, -0.2) is 48.6 Å². The third-order valence-electron chi connectivity index (χ3n) is 3.65. The minimum Gasteiger partial charge on any atom is -0.376 e. The number of carbonyl (C=O) groups excluding carboxylic acids is 2. The Morgan fingerprint density at radius 3 is 2.89 bits per heavy atom. The first-order chi connectivity index (χ1) is 8.72. The molecule has 18 heavy (non-hydrogen) atoms. The molecule has 0 radical (unpaired) electrons. The summed E-state index contributed by atoms with van der Waals surface area (Å²) in [5.74, 6) is -0.00511. The molecule has 2 aliphatic heterocycles. The first-order valence-corrected chi connectivity index (χ1v) is 6.91. The van der Waals surface area contributed by atoms with Crippen molar-refractivity contribution in [2.45, 2.75) is 51.2 Å². The molecule has 1 N–H and O–H groups in total. The fourth-order valence-corrected chi connectivity index (χ4v) is 2.66. The van der Waals surface area contributed by atoms with E-state index in [9.17, 15) is 9.59 Å². The van der Waals surface area contributed by atoms with Gasteiger partial charge in [-0.3, -0.25) is 9.59 Å². The Bertz CT molecular complexity index is 313. The summed E-state index contributed by atoms with van der Waals surface area (Å²) < 4.78 is 5.67. The fraction of sp³-hybridized carbons (Fsp3) is 0.846. The second kappa shape index (κ2) is 6.18. The van der Waals surface area contributed by atoms with Crippen molar-refractivity contribution in [2.24, 2.45) is 0 Å². The van der Waals surface area contributed by atoms with Crippen LogP contribution in [0.15, 0.2) is 0 Å². The second-order valence-corrected chi connectivity index (χ2v) is 5.06. The lowest BCUT2D eigenvalue weighted by molar-refractivity contribution is -0.148. The minimum absolute atomic E-state index is 0.0159. The summed E-state index contributed by atoms with van der Waals surface area (Å²) >= 11 is 0. The van der Waals surface area contributed by atoms with Gasteiger partial charge in [0.05, 0.1) is 12.6 Å². The number of hydrogen-bond donors (Lipinski definition) is 1. The molecule has 2 atom stereocenters. The molecule has 2 heterocycles. The van der Waals surface area contributed by atoms with Gasteiger partial charge in [-0.2, -0.15) is 0 Å². The van der Waals surface area contributed by atoms with E-state index in [2.05, 4.69) is 5.32 Å². The number of nitrogens with zero attached hydrogens (tertiary/aromatic N) is 1. The maximum atomic E-state index is 12.0. The third kappa shape index (κ3) is 3.02. The molecule has 2 unspecified atom stereocenters. The number of carbonyl (C=O) groups is 2. The van der Waals surface area contributed by atoms with Gasteiger partial charge in [0, 0.05) is 13.2 Å². The van der Waals surface area contributed by atoms with Crippen LogP contribution in [0.2, 0.25) is 0 Å². The van der Waals surface area contributed by atoms with E-state index in [-0.39, 0.29) is 30.5 Å². The van der Waals surface area contributed by atoms with Crippen LogP contribution in [0.4, 0.5) is 0 Å². The van der Waals surface area contributed by atoms with Gasteiger partial charge in [-0.15, -0.1) is 0 Å². The molecule has 102 valence electrons. The van der Waals surface area contributed by atoms with E-state index in [0.29, 0.717) is 6.54 Å². The van der Waals surface area contributed by atoms with Gasteiger partial charge in [0.15, 0.2) is 0 Å². The van der Waals surface area contributed by atoms with E-state index in [4.69, 9.17) is 4.74 Å². The highest BCUT2D eigenvalue weighted by Gasteiger charge is 2.35. The van der Waals surface area contributed by atoms with Crippen LogP contribution in [0.3, 0.4) is 0 Å². The number of amides is 2. The highest BCUT2D eigenvalue weighted by molar-refractivity contribution is 5.94. The largest absolute Gasteiger partial charge is 0.376 e. The molecule has 2 fully saturated rings.